The maximum Gasteiger partial charge on any atom is 0.248 e. The van der Waals surface area contributed by atoms with Crippen LogP contribution in [0.2, 0.25) is 0 Å². The van der Waals surface area contributed by atoms with Gasteiger partial charge in [-0.15, -0.1) is 5.10 Å². The summed E-state index contributed by atoms with van der Waals surface area (Å²) < 4.78 is 0. The highest BCUT2D eigenvalue weighted by Crippen LogP contribution is 2.05. The molecule has 1 fully saturated rings. The molecule has 1 rings (SSSR count). The van der Waals surface area contributed by atoms with Crippen molar-refractivity contribution in [3.8, 4) is 0 Å². The first-order chi connectivity index (χ1) is 6.02. The van der Waals surface area contributed by atoms with Crippen molar-refractivity contribution in [3.63, 3.8) is 0 Å². The monoisotopic (exact) mass is 182 g/mol. The predicted molar refractivity (Wildman–Crippen MR) is 51.6 cm³/mol. The maximum absolute atomic E-state index is 11.2. The molecule has 13 heavy (non-hydrogen) atoms. The minimum atomic E-state index is 0.0465. The van der Waals surface area contributed by atoms with E-state index in [9.17, 15) is 4.79 Å². The number of amides is 1. The fraction of sp³-hybridized carbons (Fsp3) is 0.625. The molecule has 1 aliphatic heterocycles. The Hall–Kier alpha value is -1.39. The zero-order chi connectivity index (χ0) is 10.0. The van der Waals surface area contributed by atoms with Crippen LogP contribution in [0, 0.1) is 0 Å². The summed E-state index contributed by atoms with van der Waals surface area (Å²) in [6.07, 6.45) is 0. The molecule has 0 saturated carbocycles. The van der Waals surface area contributed by atoms with Crippen LogP contribution in [0.5, 0.6) is 0 Å². The van der Waals surface area contributed by atoms with Gasteiger partial charge in [0.15, 0.2) is 0 Å². The van der Waals surface area contributed by atoms with E-state index in [0.717, 1.165) is 5.71 Å². The number of nitrogens with zero attached hydrogens (tertiary/aromatic N) is 4. The molecule has 0 unspecified atom stereocenters. The van der Waals surface area contributed by atoms with Crippen LogP contribution >= 0.6 is 0 Å². The van der Waals surface area contributed by atoms with Crippen molar-refractivity contribution in [3.05, 3.63) is 0 Å². The second kappa shape index (κ2) is 3.55. The molecule has 72 valence electrons. The van der Waals surface area contributed by atoms with E-state index in [0.29, 0.717) is 12.5 Å². The van der Waals surface area contributed by atoms with E-state index in [1.54, 1.807) is 11.9 Å². The maximum atomic E-state index is 11.2. The average Bonchev–Trinajstić information content (AvgIpc) is 2.24. The largest absolute Gasteiger partial charge is 0.335 e. The fourth-order valence-corrected chi connectivity index (χ4v) is 1.04. The van der Waals surface area contributed by atoms with Gasteiger partial charge in [-0.25, -0.2) is 0 Å². The van der Waals surface area contributed by atoms with Crippen LogP contribution in [0.3, 0.4) is 0 Å². The molecule has 0 aromatic rings. The van der Waals surface area contributed by atoms with E-state index in [1.807, 2.05) is 20.9 Å². The third-order valence-electron chi connectivity index (χ3n) is 1.73. The van der Waals surface area contributed by atoms with E-state index in [-0.39, 0.29) is 5.91 Å². The van der Waals surface area contributed by atoms with Gasteiger partial charge in [-0.2, -0.15) is 5.10 Å². The number of likely N-dealkylation sites (N-methyl/N-ethyl adjacent to an activating group) is 2. The van der Waals surface area contributed by atoms with Crippen LogP contribution < -0.4 is 0 Å². The number of hydrogen-bond donors (Lipinski definition) is 0. The third kappa shape index (κ3) is 2.05. The van der Waals surface area contributed by atoms with E-state index in [4.69, 9.17) is 0 Å². The lowest BCUT2D eigenvalue weighted by Gasteiger charge is -2.11. The average molecular weight is 182 g/mol. The molecule has 0 aromatic heterocycles. The van der Waals surface area contributed by atoms with Gasteiger partial charge in [-0.05, 0) is 13.8 Å². The lowest BCUT2D eigenvalue weighted by atomic mass is 10.5. The molecular formula is C8H14N4O. The number of hydrogen-bond acceptors (Lipinski definition) is 3. The highest BCUT2D eigenvalue weighted by atomic mass is 16.2. The Kier molecular flexibility index (Phi) is 2.65. The molecule has 0 aliphatic carbocycles. The fourth-order valence-electron chi connectivity index (χ4n) is 1.04. The van der Waals surface area contributed by atoms with Crippen molar-refractivity contribution in [1.29, 1.82) is 0 Å². The molecular weight excluding hydrogens is 168 g/mol. The summed E-state index contributed by atoms with van der Waals surface area (Å²) in [6, 6.07) is 0. The first-order valence-electron chi connectivity index (χ1n) is 4.09. The van der Waals surface area contributed by atoms with E-state index in [2.05, 4.69) is 10.2 Å². The third-order valence-corrected chi connectivity index (χ3v) is 1.73. The summed E-state index contributed by atoms with van der Waals surface area (Å²) >= 11 is 0. The summed E-state index contributed by atoms with van der Waals surface area (Å²) in [4.78, 5) is 14.5. The zero-order valence-electron chi connectivity index (χ0n) is 8.40. The first kappa shape index (κ1) is 9.70. The highest BCUT2D eigenvalue weighted by Gasteiger charge is 2.28. The minimum Gasteiger partial charge on any atom is -0.335 e. The van der Waals surface area contributed by atoms with Gasteiger partial charge < -0.3 is 4.90 Å². The Labute approximate surface area is 77.7 Å². The Morgan fingerprint density at radius 2 is 2.00 bits per heavy atom. The molecule has 0 atom stereocenters. The number of carbonyl (C=O) groups is 1. The van der Waals surface area contributed by atoms with Gasteiger partial charge in [0.2, 0.25) is 11.9 Å². The number of guanidine groups is 1. The summed E-state index contributed by atoms with van der Waals surface area (Å²) in [7, 11) is 3.52. The molecule has 1 amide bonds. The Bertz CT molecular complexity index is 278. The molecule has 0 spiro atoms. The molecule has 5 nitrogen and oxygen atoms in total. The molecule has 1 heterocycles. The topological polar surface area (TPSA) is 48.3 Å². The van der Waals surface area contributed by atoms with Gasteiger partial charge >= 0.3 is 0 Å². The van der Waals surface area contributed by atoms with Gasteiger partial charge in [-0.3, -0.25) is 9.69 Å². The van der Waals surface area contributed by atoms with Gasteiger partial charge in [-0.1, -0.05) is 0 Å². The van der Waals surface area contributed by atoms with Crippen molar-refractivity contribution < 1.29 is 4.79 Å². The normalized spacial score (nSPS) is 20.0. The molecule has 0 aromatic carbocycles. The van der Waals surface area contributed by atoms with Gasteiger partial charge in [0, 0.05) is 19.8 Å². The summed E-state index contributed by atoms with van der Waals surface area (Å²) in [6.45, 7) is 4.11. The second-order valence-electron chi connectivity index (χ2n) is 3.26. The van der Waals surface area contributed by atoms with Crippen molar-refractivity contribution >= 4 is 17.6 Å². The quantitative estimate of drug-likeness (QED) is 0.428. The van der Waals surface area contributed by atoms with Gasteiger partial charge in [0.25, 0.3) is 0 Å². The van der Waals surface area contributed by atoms with Crippen molar-refractivity contribution in [2.45, 2.75) is 13.8 Å². The molecule has 0 radical (unpaired) electrons. The van der Waals surface area contributed by atoms with E-state index in [1.165, 1.54) is 4.90 Å². The Morgan fingerprint density at radius 1 is 1.38 bits per heavy atom. The number of rotatable bonds is 1. The number of carbonyl (C=O) groups excluding carboxylic acids is 1. The highest BCUT2D eigenvalue weighted by molar-refractivity contribution is 6.04. The van der Waals surface area contributed by atoms with Crippen LogP contribution in [-0.2, 0) is 4.79 Å². The smallest absolute Gasteiger partial charge is 0.248 e. The van der Waals surface area contributed by atoms with E-state index < -0.39 is 0 Å². The summed E-state index contributed by atoms with van der Waals surface area (Å²) in [5.41, 5.74) is 0.869. The standard InChI is InChI=1S/C8H14N4O/c1-6(2)9-10-8-11(3)5-7(13)12(8)4/h5H2,1-4H3/b10-8-. The van der Waals surface area contributed by atoms with Crippen LogP contribution in [0.15, 0.2) is 10.2 Å². The van der Waals surface area contributed by atoms with Crippen molar-refractivity contribution in [2.75, 3.05) is 20.6 Å². The molecule has 1 saturated heterocycles. The molecule has 5 heteroatoms. The molecule has 0 bridgehead atoms. The molecule has 1 aliphatic rings. The minimum absolute atomic E-state index is 0.0465. The lowest BCUT2D eigenvalue weighted by Crippen LogP contribution is -2.29. The Balaban J connectivity index is 2.85. The summed E-state index contributed by atoms with van der Waals surface area (Å²) in [5.74, 6) is 0.649. The summed E-state index contributed by atoms with van der Waals surface area (Å²) in [5, 5.41) is 7.88. The van der Waals surface area contributed by atoms with Crippen LogP contribution in [-0.4, -0.2) is 48.0 Å². The van der Waals surface area contributed by atoms with Crippen molar-refractivity contribution in [1.82, 2.24) is 9.80 Å². The van der Waals surface area contributed by atoms with E-state index >= 15 is 0 Å². The van der Waals surface area contributed by atoms with Crippen molar-refractivity contribution in [2.24, 2.45) is 10.2 Å². The zero-order valence-corrected chi connectivity index (χ0v) is 8.40. The van der Waals surface area contributed by atoms with Gasteiger partial charge in [0.05, 0.1) is 0 Å². The Morgan fingerprint density at radius 3 is 2.38 bits per heavy atom. The van der Waals surface area contributed by atoms with Crippen LogP contribution in [0.4, 0.5) is 0 Å². The van der Waals surface area contributed by atoms with Crippen LogP contribution in [0.25, 0.3) is 0 Å². The first-order valence-corrected chi connectivity index (χ1v) is 4.09. The van der Waals surface area contributed by atoms with Crippen LogP contribution in [0.1, 0.15) is 13.8 Å². The molecule has 0 N–H and O–H groups in total. The predicted octanol–water partition coefficient (Wildman–Crippen LogP) is 0.142. The lowest BCUT2D eigenvalue weighted by molar-refractivity contribution is -0.124. The van der Waals surface area contributed by atoms with Gasteiger partial charge in [0.1, 0.15) is 6.54 Å². The second-order valence-corrected chi connectivity index (χ2v) is 3.26. The SMILES string of the molecule is CC(C)=N/N=C1/N(C)CC(=O)N1C.